The number of esters is 2. The van der Waals surface area contributed by atoms with Crippen molar-refractivity contribution in [3.63, 3.8) is 0 Å². The summed E-state index contributed by atoms with van der Waals surface area (Å²) < 4.78 is 23.6. The molecule has 33 heavy (non-hydrogen) atoms. The molecule has 176 valence electrons. The number of hydrogen-bond donors (Lipinski definition) is 0. The van der Waals surface area contributed by atoms with Gasteiger partial charge in [0.1, 0.15) is 22.7 Å². The van der Waals surface area contributed by atoms with Gasteiger partial charge in [0.15, 0.2) is 12.2 Å². The summed E-state index contributed by atoms with van der Waals surface area (Å²) in [5.74, 6) is -0.483. The van der Waals surface area contributed by atoms with E-state index in [-0.39, 0.29) is 30.0 Å². The average molecular weight is 455 g/mol. The minimum Gasteiger partial charge on any atom is -0.465 e. The number of carbonyl (C=O) groups is 3. The maximum absolute atomic E-state index is 14.1. The fourth-order valence-electron chi connectivity index (χ4n) is 8.45. The number of fused-ring (bicyclic) bond motifs is 3. The van der Waals surface area contributed by atoms with Gasteiger partial charge in [-0.25, -0.2) is 9.59 Å². The second kappa shape index (κ2) is 5.98. The number of allylic oxidation sites excluding steroid dienone is 1. The molecule has 8 atom stereocenters. The van der Waals surface area contributed by atoms with Gasteiger partial charge >= 0.3 is 11.9 Å². The molecule has 7 nitrogen and oxygen atoms in total. The summed E-state index contributed by atoms with van der Waals surface area (Å²) in [5, 5.41) is 0. The SMILES string of the molecule is CC1(C)OC(=O)C=C[C@]2(C)C3CC[C@@]4(C)[C@H](c5ccco5)OC(=O)[C@H]5O[C@]54[C@]3(C)C(=O)C[C@@H]12. The molecule has 2 aliphatic carbocycles. The van der Waals surface area contributed by atoms with Gasteiger partial charge < -0.3 is 18.6 Å². The van der Waals surface area contributed by atoms with Crippen LogP contribution in [0.1, 0.15) is 65.7 Å². The van der Waals surface area contributed by atoms with Crippen LogP contribution >= 0.6 is 0 Å². The van der Waals surface area contributed by atoms with Crippen LogP contribution in [0.2, 0.25) is 0 Å². The monoisotopic (exact) mass is 454 g/mol. The number of carbonyl (C=O) groups excluding carboxylic acids is 3. The first-order valence-electron chi connectivity index (χ1n) is 11.8. The van der Waals surface area contributed by atoms with E-state index < -0.39 is 45.6 Å². The minimum absolute atomic E-state index is 0.0655. The van der Waals surface area contributed by atoms with Crippen LogP contribution < -0.4 is 0 Å². The molecule has 1 spiro atoms. The second-order valence-electron chi connectivity index (χ2n) is 11.7. The van der Waals surface area contributed by atoms with Crippen LogP contribution in [0, 0.1) is 28.1 Å². The van der Waals surface area contributed by atoms with Crippen LogP contribution in [0.15, 0.2) is 35.0 Å². The van der Waals surface area contributed by atoms with Gasteiger partial charge in [-0.3, -0.25) is 4.79 Å². The third-order valence-electron chi connectivity index (χ3n) is 9.97. The minimum atomic E-state index is -0.976. The van der Waals surface area contributed by atoms with E-state index in [0.717, 1.165) is 6.42 Å². The molecule has 7 heteroatoms. The molecule has 1 unspecified atom stereocenters. The quantitative estimate of drug-likeness (QED) is 0.469. The standard InChI is InChI=1S/C26H30O7/c1-22(2)16-13-17(27)25(5)15(23(16,3)10-9-18(28)32-22)8-11-24(4)19(14-7-6-12-30-14)31-21(29)20-26(24,25)33-20/h6-7,9-10,12,15-16,19-20H,8,11,13H2,1-5H3/t15?,16-,19-,20+,23+,24-,25-,26+/m0/s1. The molecule has 2 saturated carbocycles. The van der Waals surface area contributed by atoms with E-state index in [2.05, 4.69) is 13.8 Å². The number of cyclic esters (lactones) is 2. The lowest BCUT2D eigenvalue weighted by atomic mass is 9.38. The Morgan fingerprint density at radius 1 is 1.00 bits per heavy atom. The Morgan fingerprint density at radius 3 is 2.45 bits per heavy atom. The molecular weight excluding hydrogens is 424 g/mol. The Balaban J connectivity index is 1.53. The van der Waals surface area contributed by atoms with Crippen molar-refractivity contribution in [2.75, 3.05) is 0 Å². The smallest absolute Gasteiger partial charge is 0.339 e. The summed E-state index contributed by atoms with van der Waals surface area (Å²) in [6.45, 7) is 9.96. The van der Waals surface area contributed by atoms with E-state index >= 15 is 0 Å². The highest BCUT2D eigenvalue weighted by Crippen LogP contribution is 2.78. The molecule has 0 aromatic carbocycles. The lowest BCUT2D eigenvalue weighted by Crippen LogP contribution is -2.71. The Morgan fingerprint density at radius 2 is 1.76 bits per heavy atom. The van der Waals surface area contributed by atoms with Crippen molar-refractivity contribution in [2.24, 2.45) is 28.1 Å². The number of hydrogen-bond acceptors (Lipinski definition) is 7. The summed E-state index contributed by atoms with van der Waals surface area (Å²) in [5.41, 5.74) is -3.79. The van der Waals surface area contributed by atoms with Crippen LogP contribution in [0.3, 0.4) is 0 Å². The highest BCUT2D eigenvalue weighted by atomic mass is 16.7. The molecule has 4 heterocycles. The average Bonchev–Trinajstić information content (AvgIpc) is 3.33. The van der Waals surface area contributed by atoms with Gasteiger partial charge in [-0.05, 0) is 57.1 Å². The number of ether oxygens (including phenoxy) is 3. The van der Waals surface area contributed by atoms with Crippen molar-refractivity contribution < 1.29 is 33.0 Å². The number of furan rings is 1. The first kappa shape index (κ1) is 21.1. The Hall–Kier alpha value is -2.41. The van der Waals surface area contributed by atoms with Gasteiger partial charge in [-0.2, -0.15) is 0 Å². The molecular formula is C26H30O7. The molecule has 5 aliphatic rings. The molecule has 0 N–H and O–H groups in total. The summed E-state index contributed by atoms with van der Waals surface area (Å²) in [6, 6.07) is 3.59. The van der Waals surface area contributed by atoms with Gasteiger partial charge in [-0.15, -0.1) is 0 Å². The zero-order valence-electron chi connectivity index (χ0n) is 19.7. The van der Waals surface area contributed by atoms with Crippen molar-refractivity contribution in [3.05, 3.63) is 36.3 Å². The molecule has 6 rings (SSSR count). The molecule has 1 aromatic heterocycles. The number of epoxide rings is 1. The van der Waals surface area contributed by atoms with Crippen LogP contribution in [0.5, 0.6) is 0 Å². The fraction of sp³-hybridized carbons (Fsp3) is 0.654. The fourth-order valence-corrected chi connectivity index (χ4v) is 8.45. The third-order valence-corrected chi connectivity index (χ3v) is 9.97. The highest BCUT2D eigenvalue weighted by Gasteiger charge is 2.88. The molecule has 0 bridgehead atoms. The van der Waals surface area contributed by atoms with E-state index in [4.69, 9.17) is 18.6 Å². The second-order valence-corrected chi connectivity index (χ2v) is 11.7. The molecule has 4 fully saturated rings. The largest absolute Gasteiger partial charge is 0.465 e. The zero-order chi connectivity index (χ0) is 23.6. The van der Waals surface area contributed by atoms with Crippen LogP contribution in [0.25, 0.3) is 0 Å². The number of Topliss-reactive ketones (excluding diaryl/α,β-unsaturated/α-hetero) is 1. The van der Waals surface area contributed by atoms with E-state index in [0.29, 0.717) is 12.2 Å². The first-order valence-corrected chi connectivity index (χ1v) is 11.8. The van der Waals surface area contributed by atoms with Gasteiger partial charge in [0.05, 0.1) is 11.7 Å². The maximum Gasteiger partial charge on any atom is 0.339 e. The summed E-state index contributed by atoms with van der Waals surface area (Å²) in [4.78, 5) is 39.6. The Kier molecular flexibility index (Phi) is 3.83. The van der Waals surface area contributed by atoms with Crippen LogP contribution in [0.4, 0.5) is 0 Å². The van der Waals surface area contributed by atoms with Crippen molar-refractivity contribution in [3.8, 4) is 0 Å². The van der Waals surface area contributed by atoms with E-state index in [9.17, 15) is 14.4 Å². The third kappa shape index (κ3) is 2.23. The van der Waals surface area contributed by atoms with E-state index in [1.165, 1.54) is 6.08 Å². The lowest BCUT2D eigenvalue weighted by Gasteiger charge is -2.64. The van der Waals surface area contributed by atoms with Gasteiger partial charge in [0.25, 0.3) is 0 Å². The Labute approximate surface area is 192 Å². The molecule has 3 aliphatic heterocycles. The number of ketones is 1. The van der Waals surface area contributed by atoms with Gasteiger partial charge in [0.2, 0.25) is 0 Å². The topological polar surface area (TPSA) is 95.3 Å². The zero-order valence-corrected chi connectivity index (χ0v) is 19.7. The number of rotatable bonds is 1. The van der Waals surface area contributed by atoms with E-state index in [1.54, 1.807) is 12.3 Å². The molecule has 2 saturated heterocycles. The molecule has 0 radical (unpaired) electrons. The predicted molar refractivity (Wildman–Crippen MR) is 115 cm³/mol. The first-order chi connectivity index (χ1) is 15.4. The predicted octanol–water partition coefficient (Wildman–Crippen LogP) is 3.92. The molecule has 1 aromatic rings. The Bertz CT molecular complexity index is 1100. The maximum atomic E-state index is 14.1. The molecule has 0 amide bonds. The van der Waals surface area contributed by atoms with Crippen molar-refractivity contribution in [2.45, 2.75) is 77.3 Å². The van der Waals surface area contributed by atoms with Gasteiger partial charge in [0, 0.05) is 23.8 Å². The summed E-state index contributed by atoms with van der Waals surface area (Å²) >= 11 is 0. The highest BCUT2D eigenvalue weighted by molar-refractivity contribution is 5.93. The summed E-state index contributed by atoms with van der Waals surface area (Å²) in [6.07, 6.45) is 5.31. The van der Waals surface area contributed by atoms with E-state index in [1.807, 2.05) is 32.9 Å². The van der Waals surface area contributed by atoms with Gasteiger partial charge in [-0.1, -0.05) is 19.9 Å². The van der Waals surface area contributed by atoms with Crippen molar-refractivity contribution in [1.82, 2.24) is 0 Å². The van der Waals surface area contributed by atoms with Crippen LogP contribution in [-0.2, 0) is 28.6 Å². The van der Waals surface area contributed by atoms with Crippen LogP contribution in [-0.4, -0.2) is 35.0 Å². The lowest BCUT2D eigenvalue weighted by molar-refractivity contribution is -0.217. The normalized spacial score (nSPS) is 49.5. The summed E-state index contributed by atoms with van der Waals surface area (Å²) in [7, 11) is 0. The van der Waals surface area contributed by atoms with Crippen molar-refractivity contribution in [1.29, 1.82) is 0 Å². The van der Waals surface area contributed by atoms with Crippen molar-refractivity contribution >= 4 is 17.7 Å².